The van der Waals surface area contributed by atoms with Gasteiger partial charge in [0.2, 0.25) is 11.8 Å². The number of carbonyl (C=O) groups is 2. The molecule has 2 amide bonds. The Morgan fingerprint density at radius 1 is 0.895 bits per heavy atom. The van der Waals surface area contributed by atoms with Crippen molar-refractivity contribution in [3.8, 4) is 0 Å². The Kier molecular flexibility index (Phi) is 9.99. The lowest BCUT2D eigenvalue weighted by Crippen LogP contribution is -2.51. The first-order chi connectivity index (χ1) is 18.1. The van der Waals surface area contributed by atoms with Crippen molar-refractivity contribution >= 4 is 39.3 Å². The number of thioether (sulfide) groups is 1. The molecule has 3 aromatic rings. The van der Waals surface area contributed by atoms with E-state index in [0.717, 1.165) is 25.9 Å². The largest absolute Gasteiger partial charge is 0.357 e. The minimum absolute atomic E-state index is 0.0899. The predicted molar refractivity (Wildman–Crippen MR) is 154 cm³/mol. The van der Waals surface area contributed by atoms with Crippen LogP contribution >= 0.6 is 11.8 Å². The third kappa shape index (κ3) is 6.96. The number of nitrogens with one attached hydrogen (secondary N) is 1. The van der Waals surface area contributed by atoms with Gasteiger partial charge in [-0.15, -0.1) is 11.8 Å². The van der Waals surface area contributed by atoms with Crippen LogP contribution in [0.15, 0.2) is 82.6 Å². The summed E-state index contributed by atoms with van der Waals surface area (Å²) < 4.78 is 28.9. The number of likely N-dealkylation sites (N-methyl/N-ethyl adjacent to an activating group) is 1. The normalized spacial score (nSPS) is 12.0. The van der Waals surface area contributed by atoms with Gasteiger partial charge in [0, 0.05) is 18.5 Å². The molecule has 0 spiro atoms. The van der Waals surface area contributed by atoms with E-state index in [0.29, 0.717) is 12.1 Å². The average Bonchev–Trinajstić information content (AvgIpc) is 2.92. The number of rotatable bonds is 11. The van der Waals surface area contributed by atoms with Crippen LogP contribution in [0.5, 0.6) is 0 Å². The van der Waals surface area contributed by atoms with Gasteiger partial charge in [0.05, 0.1) is 10.6 Å². The van der Waals surface area contributed by atoms with Gasteiger partial charge in [0.1, 0.15) is 12.6 Å². The maximum atomic E-state index is 13.9. The Morgan fingerprint density at radius 3 is 1.95 bits per heavy atom. The van der Waals surface area contributed by atoms with E-state index >= 15 is 0 Å². The van der Waals surface area contributed by atoms with Crippen LogP contribution in [0.3, 0.4) is 0 Å². The molecule has 0 saturated carbocycles. The van der Waals surface area contributed by atoms with Crippen molar-refractivity contribution in [1.29, 1.82) is 0 Å². The zero-order chi connectivity index (χ0) is 27.9. The summed E-state index contributed by atoms with van der Waals surface area (Å²) >= 11 is 1.51. The first-order valence-electron chi connectivity index (χ1n) is 12.4. The fourth-order valence-corrected chi connectivity index (χ4v) is 5.91. The lowest BCUT2D eigenvalue weighted by atomic mass is 10.1. The number of amides is 2. The van der Waals surface area contributed by atoms with Gasteiger partial charge in [-0.2, -0.15) is 0 Å². The van der Waals surface area contributed by atoms with Crippen molar-refractivity contribution in [2.75, 3.05) is 24.2 Å². The molecule has 0 saturated heterocycles. The summed E-state index contributed by atoms with van der Waals surface area (Å²) in [6.45, 7) is 5.44. The van der Waals surface area contributed by atoms with E-state index in [2.05, 4.69) is 5.32 Å². The summed E-state index contributed by atoms with van der Waals surface area (Å²) in [5.74, 6) is -0.767. The van der Waals surface area contributed by atoms with Crippen molar-refractivity contribution in [2.24, 2.45) is 0 Å². The number of nitrogens with zero attached hydrogens (tertiary/aromatic N) is 2. The number of benzene rings is 3. The molecule has 1 atom stereocenters. The molecule has 7 nitrogen and oxygen atoms in total. The van der Waals surface area contributed by atoms with Crippen molar-refractivity contribution in [1.82, 2.24) is 10.2 Å². The van der Waals surface area contributed by atoms with Gasteiger partial charge in [-0.3, -0.25) is 13.9 Å². The number of carbonyl (C=O) groups excluding carboxylic acids is 2. The van der Waals surface area contributed by atoms with E-state index in [-0.39, 0.29) is 17.3 Å². The molecule has 0 aromatic heterocycles. The lowest BCUT2D eigenvalue weighted by Gasteiger charge is -2.33. The molecule has 3 rings (SSSR count). The summed E-state index contributed by atoms with van der Waals surface area (Å²) in [5.41, 5.74) is 3.27. The molecule has 3 aromatic carbocycles. The molecule has 1 N–H and O–H groups in total. The first-order valence-corrected chi connectivity index (χ1v) is 15.1. The monoisotopic (exact) mass is 553 g/mol. The van der Waals surface area contributed by atoms with Crippen LogP contribution in [0.2, 0.25) is 0 Å². The highest BCUT2D eigenvalue weighted by Gasteiger charge is 2.33. The van der Waals surface area contributed by atoms with Gasteiger partial charge in [-0.25, -0.2) is 8.42 Å². The second-order valence-electron chi connectivity index (χ2n) is 9.07. The van der Waals surface area contributed by atoms with E-state index in [1.165, 1.54) is 23.7 Å². The highest BCUT2D eigenvalue weighted by atomic mass is 32.2. The van der Waals surface area contributed by atoms with Crippen LogP contribution in [0.4, 0.5) is 5.69 Å². The van der Waals surface area contributed by atoms with Crippen molar-refractivity contribution in [3.05, 3.63) is 89.5 Å². The number of hydrogen-bond acceptors (Lipinski definition) is 5. The highest BCUT2D eigenvalue weighted by molar-refractivity contribution is 7.98. The smallest absolute Gasteiger partial charge is 0.264 e. The molecule has 0 bridgehead atoms. The highest BCUT2D eigenvalue weighted by Crippen LogP contribution is 2.26. The van der Waals surface area contributed by atoms with Crippen molar-refractivity contribution in [3.63, 3.8) is 0 Å². The standard InChI is InChI=1S/C29H35N3O4S2/c1-6-27(29(34)30-4)31(19-23-11-7-21(2)8-12-23)28(33)20-32(24-13-9-22(3)10-14-24)38(35,36)26-17-15-25(37-5)16-18-26/h7-18,27H,6,19-20H2,1-5H3,(H,30,34)/t27-/m1/s1. The van der Waals surface area contributed by atoms with Crippen LogP contribution in [-0.2, 0) is 26.2 Å². The minimum atomic E-state index is -4.08. The molecular weight excluding hydrogens is 518 g/mol. The number of anilines is 1. The van der Waals surface area contributed by atoms with Crippen LogP contribution in [0, 0.1) is 13.8 Å². The summed E-state index contributed by atoms with van der Waals surface area (Å²) in [6, 6.07) is 20.6. The third-order valence-corrected chi connectivity index (χ3v) is 8.89. The second kappa shape index (κ2) is 13.0. The maximum absolute atomic E-state index is 13.9. The maximum Gasteiger partial charge on any atom is 0.264 e. The Bertz CT molecular complexity index is 1340. The third-order valence-electron chi connectivity index (χ3n) is 6.35. The number of aryl methyl sites for hydroxylation is 2. The molecule has 0 aliphatic rings. The van der Waals surface area contributed by atoms with Crippen molar-refractivity contribution < 1.29 is 18.0 Å². The molecule has 9 heteroatoms. The zero-order valence-corrected chi connectivity index (χ0v) is 24.1. The van der Waals surface area contributed by atoms with Gasteiger partial charge < -0.3 is 10.2 Å². The van der Waals surface area contributed by atoms with Gasteiger partial charge in [0.25, 0.3) is 10.0 Å². The molecule has 0 unspecified atom stereocenters. The summed E-state index contributed by atoms with van der Waals surface area (Å²) in [6.07, 6.45) is 2.30. The summed E-state index contributed by atoms with van der Waals surface area (Å²) in [4.78, 5) is 29.2. The Labute approximate surface area is 230 Å². The van der Waals surface area contributed by atoms with Gasteiger partial charge >= 0.3 is 0 Å². The van der Waals surface area contributed by atoms with E-state index in [1.54, 1.807) is 36.4 Å². The quantitative estimate of drug-likeness (QED) is 0.346. The first kappa shape index (κ1) is 29.3. The molecule has 0 aliphatic carbocycles. The number of sulfonamides is 1. The molecule has 0 heterocycles. The van der Waals surface area contributed by atoms with Gasteiger partial charge in [-0.1, -0.05) is 54.4 Å². The Morgan fingerprint density at radius 2 is 1.45 bits per heavy atom. The zero-order valence-electron chi connectivity index (χ0n) is 22.5. The fraction of sp³-hybridized carbons (Fsp3) is 0.310. The second-order valence-corrected chi connectivity index (χ2v) is 11.8. The summed E-state index contributed by atoms with van der Waals surface area (Å²) in [5, 5.41) is 2.64. The molecule has 202 valence electrons. The lowest BCUT2D eigenvalue weighted by molar-refractivity contribution is -0.140. The Hall–Kier alpha value is -3.30. The molecular formula is C29H35N3O4S2. The fourth-order valence-electron chi connectivity index (χ4n) is 4.09. The van der Waals surface area contributed by atoms with E-state index in [9.17, 15) is 18.0 Å². The molecule has 38 heavy (non-hydrogen) atoms. The number of hydrogen-bond donors (Lipinski definition) is 1. The van der Waals surface area contributed by atoms with Gasteiger partial charge in [0.15, 0.2) is 0 Å². The molecule has 0 aliphatic heterocycles. The van der Waals surface area contributed by atoms with Crippen LogP contribution in [0.1, 0.15) is 30.0 Å². The van der Waals surface area contributed by atoms with Crippen molar-refractivity contribution in [2.45, 2.75) is 49.6 Å². The SMILES string of the molecule is CC[C@H](C(=O)NC)N(Cc1ccc(C)cc1)C(=O)CN(c1ccc(C)cc1)S(=O)(=O)c1ccc(SC)cc1. The van der Waals surface area contributed by atoms with E-state index < -0.39 is 28.5 Å². The average molecular weight is 554 g/mol. The topological polar surface area (TPSA) is 86.8 Å². The predicted octanol–water partition coefficient (Wildman–Crippen LogP) is 4.77. The summed E-state index contributed by atoms with van der Waals surface area (Å²) in [7, 11) is -2.55. The van der Waals surface area contributed by atoms with Crippen LogP contribution in [-0.4, -0.2) is 51.0 Å². The molecule has 0 fully saturated rings. The van der Waals surface area contributed by atoms with Crippen LogP contribution in [0.25, 0.3) is 0 Å². The minimum Gasteiger partial charge on any atom is -0.357 e. The van der Waals surface area contributed by atoms with Gasteiger partial charge in [-0.05, 0) is 68.5 Å². The molecule has 0 radical (unpaired) electrons. The van der Waals surface area contributed by atoms with Crippen LogP contribution < -0.4 is 9.62 Å². The van der Waals surface area contributed by atoms with E-state index in [4.69, 9.17) is 0 Å². The van der Waals surface area contributed by atoms with E-state index in [1.807, 2.05) is 63.4 Å². The Balaban J connectivity index is 2.04.